The Morgan fingerprint density at radius 1 is 0.333 bits per heavy atom. The standard InChI is InChI=1S/C57H90O6/c1-4-7-10-13-16-19-21-23-25-27-28-30-31-33-35-38-41-44-47-50-56(59)62-53-54(52-61-55(58)49-46-43-40-37-18-15-12-9-6-3)63-57(60)51-48-45-42-39-36-34-32-29-26-24-22-20-17-14-11-8-5-2/h7,10,16-17,19-20,23-26,28,30,32-35,39,41-42,44,54H,4-6,8-9,11-15,18,21-22,27,29,31,36-38,40,43,45-53H2,1-3H3/b10-7-,19-16-,20-17-,25-23-,26-24-,30-28-,34-32-,35-33-,42-39-,44-41-/t54-/m1/s1. The Morgan fingerprint density at radius 2 is 0.667 bits per heavy atom. The SMILES string of the molecule is CC/C=C\C/C=C\C/C=C\C/C=C\C/C=C\C/C=C\CCC(=O)OC[C@@H](COC(=O)CCCCCCCCCCC)OC(=O)CCC/C=C\C/C=C\C/C=C\C/C=C\CCCCC. The van der Waals surface area contributed by atoms with E-state index >= 15 is 0 Å². The molecule has 0 heterocycles. The molecule has 0 aliphatic heterocycles. The molecule has 0 N–H and O–H groups in total. The molecule has 0 bridgehead atoms. The van der Waals surface area contributed by atoms with Gasteiger partial charge in [-0.05, 0) is 96.3 Å². The van der Waals surface area contributed by atoms with Gasteiger partial charge in [0.1, 0.15) is 13.2 Å². The fraction of sp³-hybridized carbons (Fsp3) is 0.596. The number of hydrogen-bond acceptors (Lipinski definition) is 6. The smallest absolute Gasteiger partial charge is 0.306 e. The minimum absolute atomic E-state index is 0.125. The Labute approximate surface area is 386 Å². The average Bonchev–Trinajstić information content (AvgIpc) is 3.28. The zero-order valence-corrected chi connectivity index (χ0v) is 40.3. The number of carbonyl (C=O) groups is 3. The van der Waals surface area contributed by atoms with E-state index in [1.165, 1.54) is 64.2 Å². The van der Waals surface area contributed by atoms with Gasteiger partial charge in [-0.3, -0.25) is 14.4 Å². The Balaban J connectivity index is 4.57. The van der Waals surface area contributed by atoms with Crippen molar-refractivity contribution in [3.8, 4) is 0 Å². The third-order valence-corrected chi connectivity index (χ3v) is 9.96. The first-order chi connectivity index (χ1) is 31.0. The number of carbonyl (C=O) groups excluding carboxylic acids is 3. The van der Waals surface area contributed by atoms with Crippen molar-refractivity contribution in [3.05, 3.63) is 122 Å². The number of rotatable bonds is 43. The molecule has 6 heteroatoms. The maximum Gasteiger partial charge on any atom is 0.306 e. The third-order valence-electron chi connectivity index (χ3n) is 9.96. The van der Waals surface area contributed by atoms with Crippen LogP contribution < -0.4 is 0 Å². The van der Waals surface area contributed by atoms with Gasteiger partial charge in [0.05, 0.1) is 0 Å². The van der Waals surface area contributed by atoms with Crippen molar-refractivity contribution >= 4 is 17.9 Å². The van der Waals surface area contributed by atoms with Crippen LogP contribution in [0.25, 0.3) is 0 Å². The number of unbranched alkanes of at least 4 members (excludes halogenated alkanes) is 12. The quantitative estimate of drug-likeness (QED) is 0.0263. The molecular weight excluding hydrogens is 781 g/mol. The largest absolute Gasteiger partial charge is 0.462 e. The van der Waals surface area contributed by atoms with Crippen molar-refractivity contribution in [2.45, 2.75) is 207 Å². The molecular formula is C57H90O6. The summed E-state index contributed by atoms with van der Waals surface area (Å²) in [6.07, 6.45) is 69.2. The van der Waals surface area contributed by atoms with E-state index in [1.54, 1.807) is 0 Å². The van der Waals surface area contributed by atoms with Crippen LogP contribution in [-0.2, 0) is 28.6 Å². The summed E-state index contributed by atoms with van der Waals surface area (Å²) in [6, 6.07) is 0. The second kappa shape index (κ2) is 50.5. The Hall–Kier alpha value is -4.19. The van der Waals surface area contributed by atoms with E-state index in [4.69, 9.17) is 14.2 Å². The molecule has 0 radical (unpaired) electrons. The summed E-state index contributed by atoms with van der Waals surface area (Å²) in [4.78, 5) is 37.8. The van der Waals surface area contributed by atoms with Gasteiger partial charge in [0.15, 0.2) is 6.10 Å². The van der Waals surface area contributed by atoms with Crippen LogP contribution in [0.15, 0.2) is 122 Å². The summed E-state index contributed by atoms with van der Waals surface area (Å²) in [7, 11) is 0. The van der Waals surface area contributed by atoms with E-state index in [2.05, 4.69) is 130 Å². The molecule has 0 rings (SSSR count). The molecule has 63 heavy (non-hydrogen) atoms. The molecule has 0 aliphatic rings. The normalized spacial score (nSPS) is 13.1. The first-order valence-electron chi connectivity index (χ1n) is 25.0. The molecule has 0 saturated heterocycles. The van der Waals surface area contributed by atoms with Crippen molar-refractivity contribution in [2.24, 2.45) is 0 Å². The highest BCUT2D eigenvalue weighted by atomic mass is 16.6. The second-order valence-electron chi connectivity index (χ2n) is 16.0. The lowest BCUT2D eigenvalue weighted by Gasteiger charge is -2.18. The molecule has 0 amide bonds. The predicted molar refractivity (Wildman–Crippen MR) is 269 cm³/mol. The summed E-state index contributed by atoms with van der Waals surface area (Å²) >= 11 is 0. The monoisotopic (exact) mass is 871 g/mol. The molecule has 354 valence electrons. The Morgan fingerprint density at radius 3 is 1.11 bits per heavy atom. The van der Waals surface area contributed by atoms with Crippen molar-refractivity contribution < 1.29 is 28.6 Å². The lowest BCUT2D eigenvalue weighted by atomic mass is 10.1. The molecule has 0 saturated carbocycles. The minimum atomic E-state index is -0.837. The molecule has 6 nitrogen and oxygen atoms in total. The van der Waals surface area contributed by atoms with Crippen LogP contribution in [0.1, 0.15) is 201 Å². The Bertz CT molecular complexity index is 1370. The van der Waals surface area contributed by atoms with Gasteiger partial charge in [0, 0.05) is 19.3 Å². The van der Waals surface area contributed by atoms with Crippen LogP contribution in [0.4, 0.5) is 0 Å². The van der Waals surface area contributed by atoms with E-state index in [-0.39, 0.29) is 44.0 Å². The predicted octanol–water partition coefficient (Wildman–Crippen LogP) is 16.5. The molecule has 0 aliphatic carbocycles. The van der Waals surface area contributed by atoms with Gasteiger partial charge in [-0.25, -0.2) is 0 Å². The minimum Gasteiger partial charge on any atom is -0.462 e. The topological polar surface area (TPSA) is 78.9 Å². The molecule has 0 unspecified atom stereocenters. The van der Waals surface area contributed by atoms with E-state index in [9.17, 15) is 14.4 Å². The van der Waals surface area contributed by atoms with Gasteiger partial charge in [0.25, 0.3) is 0 Å². The highest BCUT2D eigenvalue weighted by molar-refractivity contribution is 5.71. The summed E-state index contributed by atoms with van der Waals surface area (Å²) in [5, 5.41) is 0. The fourth-order valence-corrected chi connectivity index (χ4v) is 6.22. The van der Waals surface area contributed by atoms with Crippen LogP contribution in [0.5, 0.6) is 0 Å². The van der Waals surface area contributed by atoms with Gasteiger partial charge in [-0.15, -0.1) is 0 Å². The highest BCUT2D eigenvalue weighted by Gasteiger charge is 2.19. The number of allylic oxidation sites excluding steroid dienone is 20. The van der Waals surface area contributed by atoms with Gasteiger partial charge < -0.3 is 14.2 Å². The summed E-state index contributed by atoms with van der Waals surface area (Å²) in [5.41, 5.74) is 0. The van der Waals surface area contributed by atoms with Gasteiger partial charge in [-0.2, -0.15) is 0 Å². The van der Waals surface area contributed by atoms with Gasteiger partial charge in [-0.1, -0.05) is 206 Å². The van der Waals surface area contributed by atoms with Gasteiger partial charge in [0.2, 0.25) is 0 Å². The number of esters is 3. The molecule has 0 aromatic rings. The Kier molecular flexibility index (Phi) is 47.1. The second-order valence-corrected chi connectivity index (χ2v) is 16.0. The van der Waals surface area contributed by atoms with E-state index in [0.717, 1.165) is 83.5 Å². The van der Waals surface area contributed by atoms with Crippen molar-refractivity contribution in [1.29, 1.82) is 0 Å². The first-order valence-corrected chi connectivity index (χ1v) is 25.0. The molecule has 0 spiro atoms. The lowest BCUT2D eigenvalue weighted by molar-refractivity contribution is -0.166. The van der Waals surface area contributed by atoms with Crippen LogP contribution in [0.2, 0.25) is 0 Å². The summed E-state index contributed by atoms with van der Waals surface area (Å²) in [6.45, 7) is 6.34. The maximum absolute atomic E-state index is 12.7. The van der Waals surface area contributed by atoms with E-state index < -0.39 is 6.10 Å². The lowest BCUT2D eigenvalue weighted by Crippen LogP contribution is -2.30. The van der Waals surface area contributed by atoms with Crippen molar-refractivity contribution in [2.75, 3.05) is 13.2 Å². The molecule has 1 atom stereocenters. The number of ether oxygens (including phenoxy) is 3. The van der Waals surface area contributed by atoms with Crippen LogP contribution in [0, 0.1) is 0 Å². The first kappa shape index (κ1) is 58.8. The average molecular weight is 871 g/mol. The van der Waals surface area contributed by atoms with Crippen molar-refractivity contribution in [1.82, 2.24) is 0 Å². The summed E-state index contributed by atoms with van der Waals surface area (Å²) in [5.74, 6) is -1.08. The molecule has 0 aromatic carbocycles. The molecule has 0 fully saturated rings. The zero-order chi connectivity index (χ0) is 45.8. The fourth-order valence-electron chi connectivity index (χ4n) is 6.22. The maximum atomic E-state index is 12.7. The summed E-state index contributed by atoms with van der Waals surface area (Å²) < 4.78 is 16.6. The van der Waals surface area contributed by atoms with E-state index in [1.807, 2.05) is 12.2 Å². The zero-order valence-electron chi connectivity index (χ0n) is 40.3. The van der Waals surface area contributed by atoms with E-state index in [0.29, 0.717) is 19.3 Å². The van der Waals surface area contributed by atoms with Crippen LogP contribution in [-0.4, -0.2) is 37.2 Å². The highest BCUT2D eigenvalue weighted by Crippen LogP contribution is 2.12. The number of hydrogen-bond donors (Lipinski definition) is 0. The third kappa shape index (κ3) is 48.7. The molecule has 0 aromatic heterocycles. The van der Waals surface area contributed by atoms with Gasteiger partial charge >= 0.3 is 17.9 Å². The van der Waals surface area contributed by atoms with Crippen molar-refractivity contribution in [3.63, 3.8) is 0 Å². The van der Waals surface area contributed by atoms with Crippen LogP contribution in [0.3, 0.4) is 0 Å². The van der Waals surface area contributed by atoms with Crippen LogP contribution >= 0.6 is 0 Å².